The summed E-state index contributed by atoms with van der Waals surface area (Å²) in [5, 5.41) is 5.29. The molecule has 0 saturated heterocycles. The van der Waals surface area contributed by atoms with Crippen molar-refractivity contribution < 1.29 is 0 Å². The van der Waals surface area contributed by atoms with E-state index >= 15 is 0 Å². The van der Waals surface area contributed by atoms with Crippen LogP contribution in [-0.2, 0) is 6.42 Å². The summed E-state index contributed by atoms with van der Waals surface area (Å²) in [6, 6.07) is 56.0. The van der Waals surface area contributed by atoms with Crippen LogP contribution in [0.5, 0.6) is 0 Å². The van der Waals surface area contributed by atoms with Crippen molar-refractivity contribution in [2.24, 2.45) is 0 Å². The minimum atomic E-state index is 0.936. The first kappa shape index (κ1) is 23.9. The average molecular weight is 558 g/mol. The van der Waals surface area contributed by atoms with Gasteiger partial charge in [0.25, 0.3) is 0 Å². The largest absolute Gasteiger partial charge is 0.308 e. The zero-order valence-corrected chi connectivity index (χ0v) is 24.1. The predicted octanol–water partition coefficient (Wildman–Crippen LogP) is 11.4. The quantitative estimate of drug-likeness (QED) is 0.203. The Morgan fingerprint density at radius 1 is 0.341 bits per heavy atom. The van der Waals surface area contributed by atoms with Gasteiger partial charge >= 0.3 is 0 Å². The Morgan fingerprint density at radius 3 is 1.61 bits per heavy atom. The van der Waals surface area contributed by atoms with Crippen LogP contribution in [-0.4, -0.2) is 4.40 Å². The molecule has 0 bridgehead atoms. The van der Waals surface area contributed by atoms with E-state index in [1.807, 2.05) is 0 Å². The van der Waals surface area contributed by atoms with Crippen LogP contribution in [0.25, 0.3) is 82.6 Å². The zero-order valence-electron chi connectivity index (χ0n) is 24.1. The van der Waals surface area contributed by atoms with Crippen molar-refractivity contribution in [1.29, 1.82) is 0 Å². The summed E-state index contributed by atoms with van der Waals surface area (Å²) < 4.78 is 2.48. The maximum Gasteiger partial charge on any atom is 0.0620 e. The summed E-state index contributed by atoms with van der Waals surface area (Å²) in [6.45, 7) is 0. The van der Waals surface area contributed by atoms with Crippen LogP contribution in [0.4, 0.5) is 0 Å². The third-order valence-electron chi connectivity index (χ3n) is 9.83. The maximum atomic E-state index is 2.48. The second kappa shape index (κ2) is 8.92. The number of nitrogens with zero attached hydrogens (tertiary/aromatic N) is 1. The van der Waals surface area contributed by atoms with Gasteiger partial charge in [0.2, 0.25) is 0 Å². The SMILES string of the molecule is c1ccc(-c2ccc(-c3cccc4c3Cc3c(-c5ccc6c7cccc8c9ccccc9n(c6c5)c87)cccc3-4)cc2)cc1. The molecule has 44 heavy (non-hydrogen) atoms. The molecule has 7 aromatic carbocycles. The summed E-state index contributed by atoms with van der Waals surface area (Å²) in [4.78, 5) is 0. The molecule has 2 heterocycles. The highest BCUT2D eigenvalue weighted by Crippen LogP contribution is 2.46. The lowest BCUT2D eigenvalue weighted by Gasteiger charge is -2.10. The van der Waals surface area contributed by atoms with Crippen LogP contribution >= 0.6 is 0 Å². The van der Waals surface area contributed by atoms with E-state index in [0.29, 0.717) is 0 Å². The van der Waals surface area contributed by atoms with Crippen molar-refractivity contribution >= 4 is 38.1 Å². The Morgan fingerprint density at radius 2 is 0.864 bits per heavy atom. The molecule has 0 radical (unpaired) electrons. The Hall–Kier alpha value is -5.66. The van der Waals surface area contributed by atoms with E-state index in [0.717, 1.165) is 6.42 Å². The van der Waals surface area contributed by atoms with Gasteiger partial charge in [-0.15, -0.1) is 0 Å². The van der Waals surface area contributed by atoms with Gasteiger partial charge in [-0.1, -0.05) is 140 Å². The van der Waals surface area contributed by atoms with Crippen molar-refractivity contribution in [3.63, 3.8) is 0 Å². The molecule has 0 saturated carbocycles. The molecule has 0 N–H and O–H groups in total. The Labute approximate surface area is 255 Å². The molecule has 0 unspecified atom stereocenters. The fourth-order valence-electron chi connectivity index (χ4n) is 7.85. The van der Waals surface area contributed by atoms with E-state index in [4.69, 9.17) is 0 Å². The highest BCUT2D eigenvalue weighted by molar-refractivity contribution is 6.23. The third kappa shape index (κ3) is 3.24. The van der Waals surface area contributed by atoms with Crippen LogP contribution in [0.3, 0.4) is 0 Å². The van der Waals surface area contributed by atoms with E-state index in [-0.39, 0.29) is 0 Å². The van der Waals surface area contributed by atoms with Gasteiger partial charge in [-0.25, -0.2) is 0 Å². The van der Waals surface area contributed by atoms with Gasteiger partial charge in [-0.2, -0.15) is 0 Å². The zero-order chi connectivity index (χ0) is 28.8. The van der Waals surface area contributed by atoms with Gasteiger partial charge < -0.3 is 4.40 Å². The lowest BCUT2D eigenvalue weighted by atomic mass is 9.94. The first-order valence-corrected chi connectivity index (χ1v) is 15.4. The summed E-state index contributed by atoms with van der Waals surface area (Å²) in [5.74, 6) is 0. The van der Waals surface area contributed by atoms with Crippen LogP contribution < -0.4 is 0 Å². The molecule has 9 aromatic rings. The van der Waals surface area contributed by atoms with Gasteiger partial charge in [0, 0.05) is 21.5 Å². The standard InChI is InChI=1S/C43H27N/c1-2-9-27(10-3-1)28-19-21-29(22-20-28)31-12-6-14-33-34-15-7-13-32(40(34)26-39(31)33)30-23-24-36-38-17-8-16-37-35-11-4-5-18-41(35)44(43(37)38)42(36)25-30/h1-25H,26H2. The van der Waals surface area contributed by atoms with Gasteiger partial charge in [-0.05, 0) is 74.2 Å². The Bertz CT molecular complexity index is 2550. The van der Waals surface area contributed by atoms with Crippen LogP contribution in [0.1, 0.15) is 11.1 Å². The summed E-state index contributed by atoms with van der Waals surface area (Å²) in [5.41, 5.74) is 17.2. The molecular formula is C43H27N. The van der Waals surface area contributed by atoms with E-state index in [9.17, 15) is 0 Å². The van der Waals surface area contributed by atoms with Gasteiger partial charge in [0.15, 0.2) is 0 Å². The highest BCUT2D eigenvalue weighted by Gasteiger charge is 2.25. The normalized spacial score (nSPS) is 12.5. The van der Waals surface area contributed by atoms with Gasteiger partial charge in [0.1, 0.15) is 0 Å². The van der Waals surface area contributed by atoms with E-state index in [1.165, 1.54) is 93.7 Å². The summed E-state index contributed by atoms with van der Waals surface area (Å²) >= 11 is 0. The molecule has 1 aliphatic carbocycles. The number of benzene rings is 7. The fourth-order valence-corrected chi connectivity index (χ4v) is 7.85. The molecule has 1 heteroatoms. The number of aromatic nitrogens is 1. The summed E-state index contributed by atoms with van der Waals surface area (Å²) in [7, 11) is 0. The van der Waals surface area contributed by atoms with E-state index in [2.05, 4.69) is 156 Å². The maximum absolute atomic E-state index is 2.48. The van der Waals surface area contributed by atoms with Crippen LogP contribution in [0, 0.1) is 0 Å². The number of hydrogen-bond acceptors (Lipinski definition) is 0. The topological polar surface area (TPSA) is 4.41 Å². The molecule has 0 atom stereocenters. The third-order valence-corrected chi connectivity index (χ3v) is 9.83. The average Bonchev–Trinajstić information content (AvgIpc) is 3.76. The smallest absolute Gasteiger partial charge is 0.0620 e. The van der Waals surface area contributed by atoms with Crippen molar-refractivity contribution in [2.45, 2.75) is 6.42 Å². The molecule has 0 amide bonds. The van der Waals surface area contributed by atoms with Crippen molar-refractivity contribution in [2.75, 3.05) is 0 Å². The molecule has 0 spiro atoms. The molecule has 0 fully saturated rings. The minimum absolute atomic E-state index is 0.936. The van der Waals surface area contributed by atoms with E-state index < -0.39 is 0 Å². The molecule has 1 aliphatic rings. The monoisotopic (exact) mass is 557 g/mol. The number of hydrogen-bond donors (Lipinski definition) is 0. The number of para-hydroxylation sites is 2. The Kier molecular flexibility index (Phi) is 4.84. The molecule has 1 nitrogen and oxygen atoms in total. The first-order chi connectivity index (χ1) is 21.8. The molecule has 2 aromatic heterocycles. The van der Waals surface area contributed by atoms with Crippen molar-refractivity contribution in [3.05, 3.63) is 163 Å². The van der Waals surface area contributed by atoms with Crippen molar-refractivity contribution in [1.82, 2.24) is 4.40 Å². The van der Waals surface area contributed by atoms with E-state index in [1.54, 1.807) is 0 Å². The number of rotatable bonds is 3. The predicted molar refractivity (Wildman–Crippen MR) is 186 cm³/mol. The number of fused-ring (bicyclic) bond motifs is 9. The van der Waals surface area contributed by atoms with Gasteiger partial charge in [-0.3, -0.25) is 0 Å². The molecular weight excluding hydrogens is 530 g/mol. The van der Waals surface area contributed by atoms with Crippen LogP contribution in [0.2, 0.25) is 0 Å². The fraction of sp³-hybridized carbons (Fsp3) is 0.0233. The second-order valence-electron chi connectivity index (χ2n) is 12.1. The molecule has 204 valence electrons. The van der Waals surface area contributed by atoms with Crippen LogP contribution in [0.15, 0.2) is 152 Å². The Balaban J connectivity index is 1.11. The minimum Gasteiger partial charge on any atom is -0.308 e. The summed E-state index contributed by atoms with van der Waals surface area (Å²) in [6.07, 6.45) is 0.936. The molecule has 10 rings (SSSR count). The highest BCUT2D eigenvalue weighted by atomic mass is 14.9. The lowest BCUT2D eigenvalue weighted by molar-refractivity contribution is 1.26. The van der Waals surface area contributed by atoms with Crippen molar-refractivity contribution in [3.8, 4) is 44.5 Å². The van der Waals surface area contributed by atoms with Gasteiger partial charge in [0.05, 0.1) is 16.6 Å². The molecule has 0 aliphatic heterocycles. The lowest BCUT2D eigenvalue weighted by Crippen LogP contribution is -1.90. The first-order valence-electron chi connectivity index (χ1n) is 15.4. The second-order valence-corrected chi connectivity index (χ2v) is 12.1.